The van der Waals surface area contributed by atoms with Gasteiger partial charge in [-0.15, -0.1) is 0 Å². The summed E-state index contributed by atoms with van der Waals surface area (Å²) >= 11 is 6.75. The molecule has 0 radical (unpaired) electrons. The Morgan fingerprint density at radius 3 is 2.57 bits per heavy atom. The Morgan fingerprint density at radius 1 is 1.14 bits per heavy atom. The number of hydrogen-bond donors (Lipinski definition) is 1. The van der Waals surface area contributed by atoms with Crippen LogP contribution in [0.25, 0.3) is 6.08 Å². The SMILES string of the molecule is Cc1cccc(C(=O)NCCN2C(=O)SC(=Cc3ccc(Cl)cc3)C2=O)c1C. The first-order chi connectivity index (χ1) is 13.4. The van der Waals surface area contributed by atoms with Gasteiger partial charge in [-0.05, 0) is 66.6 Å². The summed E-state index contributed by atoms with van der Waals surface area (Å²) in [5.74, 6) is -0.573. The van der Waals surface area contributed by atoms with Gasteiger partial charge in [-0.25, -0.2) is 0 Å². The Morgan fingerprint density at radius 2 is 1.86 bits per heavy atom. The minimum Gasteiger partial charge on any atom is -0.350 e. The van der Waals surface area contributed by atoms with E-state index < -0.39 is 0 Å². The lowest BCUT2D eigenvalue weighted by molar-refractivity contribution is -0.122. The average molecular weight is 415 g/mol. The number of nitrogens with zero attached hydrogens (tertiary/aromatic N) is 1. The van der Waals surface area contributed by atoms with E-state index in [1.165, 1.54) is 0 Å². The highest BCUT2D eigenvalue weighted by Gasteiger charge is 2.34. The molecular weight excluding hydrogens is 396 g/mol. The smallest absolute Gasteiger partial charge is 0.293 e. The Bertz CT molecular complexity index is 970. The van der Waals surface area contributed by atoms with Crippen molar-refractivity contribution in [2.75, 3.05) is 13.1 Å². The summed E-state index contributed by atoms with van der Waals surface area (Å²) in [6.45, 7) is 4.15. The monoisotopic (exact) mass is 414 g/mol. The van der Waals surface area contributed by atoms with Gasteiger partial charge >= 0.3 is 0 Å². The summed E-state index contributed by atoms with van der Waals surface area (Å²) in [6.07, 6.45) is 1.66. The van der Waals surface area contributed by atoms with Gasteiger partial charge in [0.1, 0.15) is 0 Å². The molecule has 0 aliphatic carbocycles. The lowest BCUT2D eigenvalue weighted by Gasteiger charge is -2.14. The standard InChI is InChI=1S/C21H19ClN2O3S/c1-13-4-3-5-17(14(13)2)19(25)23-10-11-24-20(26)18(28-21(24)27)12-15-6-8-16(22)9-7-15/h3-9,12H,10-11H2,1-2H3,(H,23,25). The van der Waals surface area contributed by atoms with Gasteiger partial charge in [0.05, 0.1) is 4.91 Å². The Kier molecular flexibility index (Phi) is 6.21. The molecule has 0 saturated carbocycles. The molecule has 1 heterocycles. The van der Waals surface area contributed by atoms with Crippen molar-refractivity contribution in [1.82, 2.24) is 10.2 Å². The van der Waals surface area contributed by atoms with Crippen molar-refractivity contribution in [2.24, 2.45) is 0 Å². The third kappa shape index (κ3) is 4.46. The van der Waals surface area contributed by atoms with Crippen LogP contribution in [0.3, 0.4) is 0 Å². The van der Waals surface area contributed by atoms with Crippen LogP contribution in [0, 0.1) is 13.8 Å². The maximum atomic E-state index is 12.5. The summed E-state index contributed by atoms with van der Waals surface area (Å²) in [7, 11) is 0. The normalized spacial score (nSPS) is 15.4. The molecule has 7 heteroatoms. The van der Waals surface area contributed by atoms with Crippen molar-refractivity contribution in [3.63, 3.8) is 0 Å². The molecule has 1 aliphatic rings. The zero-order valence-electron chi connectivity index (χ0n) is 15.5. The second kappa shape index (κ2) is 8.63. The van der Waals surface area contributed by atoms with E-state index in [2.05, 4.69) is 5.32 Å². The van der Waals surface area contributed by atoms with Crippen LogP contribution >= 0.6 is 23.4 Å². The van der Waals surface area contributed by atoms with Crippen molar-refractivity contribution in [3.05, 3.63) is 74.6 Å². The quantitative estimate of drug-likeness (QED) is 0.735. The number of hydrogen-bond acceptors (Lipinski definition) is 4. The first-order valence-corrected chi connectivity index (χ1v) is 9.91. The number of rotatable bonds is 5. The molecule has 2 aromatic carbocycles. The van der Waals surface area contributed by atoms with E-state index >= 15 is 0 Å². The Balaban J connectivity index is 1.61. The predicted octanol–water partition coefficient (Wildman–Crippen LogP) is 4.42. The lowest BCUT2D eigenvalue weighted by Crippen LogP contribution is -2.37. The Hall–Kier alpha value is -2.57. The molecule has 0 spiro atoms. The third-order valence-corrected chi connectivity index (χ3v) is 5.67. The maximum absolute atomic E-state index is 12.5. The molecule has 1 aliphatic heterocycles. The minimum absolute atomic E-state index is 0.124. The topological polar surface area (TPSA) is 66.5 Å². The van der Waals surface area contributed by atoms with Crippen LogP contribution in [-0.4, -0.2) is 35.0 Å². The van der Waals surface area contributed by atoms with Crippen LogP contribution in [0.1, 0.15) is 27.0 Å². The first-order valence-electron chi connectivity index (χ1n) is 8.72. The number of benzene rings is 2. The number of halogens is 1. The summed E-state index contributed by atoms with van der Waals surface area (Å²) in [5.41, 5.74) is 3.33. The molecule has 28 heavy (non-hydrogen) atoms. The van der Waals surface area contributed by atoms with Crippen LogP contribution in [0.4, 0.5) is 4.79 Å². The zero-order chi connectivity index (χ0) is 20.3. The fourth-order valence-corrected chi connectivity index (χ4v) is 3.77. The first kappa shape index (κ1) is 20.2. The number of carbonyl (C=O) groups is 3. The fraction of sp³-hybridized carbons (Fsp3) is 0.190. The van der Waals surface area contributed by atoms with Gasteiger partial charge in [0.15, 0.2) is 0 Å². The summed E-state index contributed by atoms with van der Waals surface area (Å²) < 4.78 is 0. The minimum atomic E-state index is -0.356. The molecule has 1 fully saturated rings. The second-order valence-electron chi connectivity index (χ2n) is 6.39. The molecule has 1 saturated heterocycles. The van der Waals surface area contributed by atoms with E-state index in [0.717, 1.165) is 33.4 Å². The molecular formula is C21H19ClN2O3S. The molecule has 1 N–H and O–H groups in total. The van der Waals surface area contributed by atoms with Crippen LogP contribution in [0.15, 0.2) is 47.4 Å². The largest absolute Gasteiger partial charge is 0.350 e. The number of amides is 3. The highest BCUT2D eigenvalue weighted by atomic mass is 35.5. The molecule has 5 nitrogen and oxygen atoms in total. The molecule has 144 valence electrons. The van der Waals surface area contributed by atoms with Crippen molar-refractivity contribution < 1.29 is 14.4 Å². The van der Waals surface area contributed by atoms with E-state index in [4.69, 9.17) is 11.6 Å². The van der Waals surface area contributed by atoms with E-state index in [-0.39, 0.29) is 30.1 Å². The maximum Gasteiger partial charge on any atom is 0.293 e. The highest BCUT2D eigenvalue weighted by molar-refractivity contribution is 8.18. The third-order valence-electron chi connectivity index (χ3n) is 4.51. The number of thioether (sulfide) groups is 1. The van der Waals surface area contributed by atoms with Crippen LogP contribution in [0.2, 0.25) is 5.02 Å². The zero-order valence-corrected chi connectivity index (χ0v) is 17.1. The molecule has 0 aromatic heterocycles. The van der Waals surface area contributed by atoms with E-state index in [1.807, 2.05) is 26.0 Å². The van der Waals surface area contributed by atoms with Crippen molar-refractivity contribution >= 4 is 46.5 Å². The molecule has 3 amide bonds. The fourth-order valence-electron chi connectivity index (χ4n) is 2.78. The number of aryl methyl sites for hydroxylation is 1. The van der Waals surface area contributed by atoms with Gasteiger partial charge in [0, 0.05) is 23.7 Å². The average Bonchev–Trinajstić information content (AvgIpc) is 2.93. The van der Waals surface area contributed by atoms with Crippen LogP contribution < -0.4 is 5.32 Å². The van der Waals surface area contributed by atoms with Crippen LogP contribution in [-0.2, 0) is 4.79 Å². The molecule has 3 rings (SSSR count). The van der Waals surface area contributed by atoms with Gasteiger partial charge in [0.2, 0.25) is 0 Å². The summed E-state index contributed by atoms with van der Waals surface area (Å²) in [6, 6.07) is 12.5. The van der Waals surface area contributed by atoms with Crippen molar-refractivity contribution in [1.29, 1.82) is 0 Å². The molecule has 0 atom stereocenters. The van der Waals surface area contributed by atoms with E-state index in [1.54, 1.807) is 36.4 Å². The molecule has 2 aromatic rings. The highest BCUT2D eigenvalue weighted by Crippen LogP contribution is 2.32. The van der Waals surface area contributed by atoms with Gasteiger partial charge in [0.25, 0.3) is 17.1 Å². The van der Waals surface area contributed by atoms with Gasteiger partial charge in [-0.1, -0.05) is 35.9 Å². The van der Waals surface area contributed by atoms with Gasteiger partial charge < -0.3 is 5.32 Å². The second-order valence-corrected chi connectivity index (χ2v) is 7.82. The van der Waals surface area contributed by atoms with E-state index in [0.29, 0.717) is 15.5 Å². The molecule has 0 unspecified atom stereocenters. The number of nitrogens with one attached hydrogen (secondary N) is 1. The van der Waals surface area contributed by atoms with E-state index in [9.17, 15) is 14.4 Å². The summed E-state index contributed by atoms with van der Waals surface area (Å²) in [4.78, 5) is 38.6. The summed E-state index contributed by atoms with van der Waals surface area (Å²) in [5, 5.41) is 3.04. The number of imide groups is 1. The predicted molar refractivity (Wildman–Crippen MR) is 112 cm³/mol. The molecule has 0 bridgehead atoms. The van der Waals surface area contributed by atoms with Crippen molar-refractivity contribution in [2.45, 2.75) is 13.8 Å². The van der Waals surface area contributed by atoms with Crippen LogP contribution in [0.5, 0.6) is 0 Å². The number of carbonyl (C=O) groups excluding carboxylic acids is 3. The lowest BCUT2D eigenvalue weighted by atomic mass is 10.0. The van der Waals surface area contributed by atoms with Gasteiger partial charge in [-0.3, -0.25) is 19.3 Å². The Labute approximate surface area is 172 Å². The van der Waals surface area contributed by atoms with Gasteiger partial charge in [-0.2, -0.15) is 0 Å². The van der Waals surface area contributed by atoms with Crippen molar-refractivity contribution in [3.8, 4) is 0 Å².